The monoisotopic (exact) mass is 256 g/mol. The van der Waals surface area contributed by atoms with Crippen LogP contribution >= 0.6 is 0 Å². The van der Waals surface area contributed by atoms with E-state index in [0.29, 0.717) is 6.17 Å². The van der Waals surface area contributed by atoms with Gasteiger partial charge in [0.1, 0.15) is 0 Å². The molecule has 2 atom stereocenters. The fourth-order valence-electron chi connectivity index (χ4n) is 2.29. The van der Waals surface area contributed by atoms with Gasteiger partial charge in [0.05, 0.1) is 6.17 Å². The molecule has 0 fully saturated rings. The first-order valence-corrected chi connectivity index (χ1v) is 7.98. The quantitative estimate of drug-likeness (QED) is 0.442. The lowest BCUT2D eigenvalue weighted by Crippen LogP contribution is -2.45. The van der Waals surface area contributed by atoms with Gasteiger partial charge in [0.15, 0.2) is 0 Å². The third kappa shape index (κ3) is 8.93. The molecular formula is C16H36N2. The predicted molar refractivity (Wildman–Crippen MR) is 82.9 cm³/mol. The Bertz CT molecular complexity index is 180. The Morgan fingerprint density at radius 1 is 1.06 bits per heavy atom. The van der Waals surface area contributed by atoms with E-state index in [2.05, 4.69) is 51.8 Å². The molecule has 0 aromatic rings. The average molecular weight is 256 g/mol. The maximum absolute atomic E-state index is 3.68. The molecule has 1 N–H and O–H groups in total. The van der Waals surface area contributed by atoms with Gasteiger partial charge in [-0.15, -0.1) is 0 Å². The lowest BCUT2D eigenvalue weighted by Gasteiger charge is -2.31. The molecule has 2 unspecified atom stereocenters. The van der Waals surface area contributed by atoms with Gasteiger partial charge in [-0.3, -0.25) is 4.90 Å². The number of nitrogens with one attached hydrogen (secondary N) is 1. The van der Waals surface area contributed by atoms with Crippen LogP contribution in [0.1, 0.15) is 67.2 Å². The van der Waals surface area contributed by atoms with Crippen LogP contribution in [0.4, 0.5) is 0 Å². The van der Waals surface area contributed by atoms with Gasteiger partial charge in [-0.1, -0.05) is 41.0 Å². The summed E-state index contributed by atoms with van der Waals surface area (Å²) in [6.07, 6.45) is 5.73. The molecule has 0 amide bonds. The minimum absolute atomic E-state index is 0.518. The Morgan fingerprint density at radius 2 is 1.72 bits per heavy atom. The number of hydrogen-bond acceptors (Lipinski definition) is 2. The highest BCUT2D eigenvalue weighted by molar-refractivity contribution is 4.67. The third-order valence-electron chi connectivity index (χ3n) is 3.67. The number of rotatable bonds is 11. The fraction of sp³-hybridized carbons (Fsp3) is 1.00. The van der Waals surface area contributed by atoms with E-state index < -0.39 is 0 Å². The summed E-state index contributed by atoms with van der Waals surface area (Å²) in [6, 6.07) is 0. The molecule has 18 heavy (non-hydrogen) atoms. The highest BCUT2D eigenvalue weighted by Gasteiger charge is 2.13. The Balaban J connectivity index is 3.83. The zero-order valence-electron chi connectivity index (χ0n) is 13.6. The number of hydrogen-bond donors (Lipinski definition) is 1. The molecular weight excluding hydrogens is 220 g/mol. The van der Waals surface area contributed by atoms with Crippen LogP contribution < -0.4 is 5.32 Å². The van der Waals surface area contributed by atoms with E-state index in [0.717, 1.165) is 18.4 Å². The fourth-order valence-corrected chi connectivity index (χ4v) is 2.29. The summed E-state index contributed by atoms with van der Waals surface area (Å²) >= 11 is 0. The number of nitrogens with zero attached hydrogens (tertiary/aromatic N) is 1. The second-order valence-corrected chi connectivity index (χ2v) is 6.17. The van der Waals surface area contributed by atoms with E-state index in [1.807, 2.05) is 0 Å². The summed E-state index contributed by atoms with van der Waals surface area (Å²) in [5.74, 6) is 1.63. The van der Waals surface area contributed by atoms with Crippen LogP contribution in [-0.2, 0) is 0 Å². The van der Waals surface area contributed by atoms with E-state index >= 15 is 0 Å². The standard InChI is InChI=1S/C16H36N2/c1-7-12-18(13-14(3)4)16(6)17-11-9-10-15(5)8-2/h14-17H,7-13H2,1-6H3. The second kappa shape index (κ2) is 10.8. The van der Waals surface area contributed by atoms with Crippen molar-refractivity contribution in [3.63, 3.8) is 0 Å². The Labute approximate surface area is 116 Å². The van der Waals surface area contributed by atoms with Crippen LogP contribution in [0.25, 0.3) is 0 Å². The lowest BCUT2D eigenvalue weighted by molar-refractivity contribution is 0.158. The van der Waals surface area contributed by atoms with Crippen molar-refractivity contribution in [1.29, 1.82) is 0 Å². The summed E-state index contributed by atoms with van der Waals surface area (Å²) in [7, 11) is 0. The molecule has 0 aromatic heterocycles. The third-order valence-corrected chi connectivity index (χ3v) is 3.67. The average Bonchev–Trinajstić information content (AvgIpc) is 2.32. The summed E-state index contributed by atoms with van der Waals surface area (Å²) in [4.78, 5) is 2.58. The Hall–Kier alpha value is -0.0800. The molecule has 2 nitrogen and oxygen atoms in total. The van der Waals surface area contributed by atoms with Gasteiger partial charge in [-0.2, -0.15) is 0 Å². The Kier molecular flexibility index (Phi) is 10.8. The minimum atomic E-state index is 0.518. The van der Waals surface area contributed by atoms with Crippen LogP contribution in [-0.4, -0.2) is 30.7 Å². The van der Waals surface area contributed by atoms with Crippen molar-refractivity contribution in [3.8, 4) is 0 Å². The molecule has 0 spiro atoms. The first-order chi connectivity index (χ1) is 8.51. The summed E-state index contributed by atoms with van der Waals surface area (Å²) < 4.78 is 0. The molecule has 0 aromatic carbocycles. The zero-order chi connectivity index (χ0) is 14.0. The van der Waals surface area contributed by atoms with Crippen LogP contribution in [0.2, 0.25) is 0 Å². The first-order valence-electron chi connectivity index (χ1n) is 7.98. The van der Waals surface area contributed by atoms with Gasteiger partial charge in [0, 0.05) is 6.54 Å². The van der Waals surface area contributed by atoms with Crippen LogP contribution in [0, 0.1) is 11.8 Å². The smallest absolute Gasteiger partial charge is 0.0568 e. The lowest BCUT2D eigenvalue weighted by atomic mass is 10.0. The highest BCUT2D eigenvalue weighted by atomic mass is 15.3. The summed E-state index contributed by atoms with van der Waals surface area (Å²) in [6.45, 7) is 17.4. The maximum Gasteiger partial charge on any atom is 0.0568 e. The van der Waals surface area contributed by atoms with E-state index in [-0.39, 0.29) is 0 Å². The van der Waals surface area contributed by atoms with Crippen LogP contribution in [0.3, 0.4) is 0 Å². The van der Waals surface area contributed by atoms with Crippen LogP contribution in [0.5, 0.6) is 0 Å². The zero-order valence-corrected chi connectivity index (χ0v) is 13.6. The minimum Gasteiger partial charge on any atom is -0.302 e. The topological polar surface area (TPSA) is 15.3 Å². The molecule has 0 aliphatic rings. The van der Waals surface area contributed by atoms with Gasteiger partial charge in [0.2, 0.25) is 0 Å². The molecule has 0 bridgehead atoms. The molecule has 2 heteroatoms. The van der Waals surface area contributed by atoms with Crippen molar-refractivity contribution in [3.05, 3.63) is 0 Å². The van der Waals surface area contributed by atoms with Crippen molar-refractivity contribution >= 4 is 0 Å². The van der Waals surface area contributed by atoms with E-state index in [9.17, 15) is 0 Å². The molecule has 0 aliphatic carbocycles. The SMILES string of the molecule is CCCN(CC(C)C)C(C)NCCCC(C)CC. The van der Waals surface area contributed by atoms with Gasteiger partial charge < -0.3 is 5.32 Å². The van der Waals surface area contributed by atoms with E-state index in [1.54, 1.807) is 0 Å². The van der Waals surface area contributed by atoms with Crippen LogP contribution in [0.15, 0.2) is 0 Å². The van der Waals surface area contributed by atoms with Gasteiger partial charge in [0.25, 0.3) is 0 Å². The molecule has 110 valence electrons. The van der Waals surface area contributed by atoms with Crippen molar-refractivity contribution in [2.24, 2.45) is 11.8 Å². The van der Waals surface area contributed by atoms with Crippen molar-refractivity contribution < 1.29 is 0 Å². The summed E-state index contributed by atoms with van der Waals surface area (Å²) in [5.41, 5.74) is 0. The molecule has 0 radical (unpaired) electrons. The molecule has 0 rings (SSSR count). The van der Waals surface area contributed by atoms with E-state index in [4.69, 9.17) is 0 Å². The van der Waals surface area contributed by atoms with Gasteiger partial charge in [-0.25, -0.2) is 0 Å². The molecule has 0 heterocycles. The Morgan fingerprint density at radius 3 is 2.22 bits per heavy atom. The van der Waals surface area contributed by atoms with E-state index in [1.165, 1.54) is 38.8 Å². The summed E-state index contributed by atoms with van der Waals surface area (Å²) in [5, 5.41) is 3.68. The molecule has 0 aliphatic heterocycles. The van der Waals surface area contributed by atoms with Crippen molar-refractivity contribution in [2.75, 3.05) is 19.6 Å². The largest absolute Gasteiger partial charge is 0.302 e. The van der Waals surface area contributed by atoms with Gasteiger partial charge in [-0.05, 0) is 51.1 Å². The maximum atomic E-state index is 3.68. The van der Waals surface area contributed by atoms with Crippen molar-refractivity contribution in [1.82, 2.24) is 10.2 Å². The predicted octanol–water partition coefficient (Wildman–Crippen LogP) is 4.12. The molecule has 0 saturated carbocycles. The van der Waals surface area contributed by atoms with Gasteiger partial charge >= 0.3 is 0 Å². The molecule has 0 saturated heterocycles. The first kappa shape index (κ1) is 17.9. The van der Waals surface area contributed by atoms with Crippen molar-refractivity contribution in [2.45, 2.75) is 73.4 Å². The second-order valence-electron chi connectivity index (χ2n) is 6.17. The highest BCUT2D eigenvalue weighted by Crippen LogP contribution is 2.09. The normalized spacial score (nSPS) is 15.3.